The molecule has 4 aromatic rings. The van der Waals surface area contributed by atoms with E-state index in [1.807, 2.05) is 13.8 Å². The largest absolute Gasteiger partial charge is 0.288 e. The molecule has 0 aromatic heterocycles. The van der Waals surface area contributed by atoms with Gasteiger partial charge in [-0.2, -0.15) is 0 Å². The average molecular weight is 547 g/mol. The first-order valence-corrected chi connectivity index (χ1v) is 14.5. The van der Waals surface area contributed by atoms with Crippen LogP contribution >= 0.6 is 0 Å². The van der Waals surface area contributed by atoms with E-state index in [0.717, 1.165) is 11.1 Å². The highest BCUT2D eigenvalue weighted by atomic mass is 32.2. The number of benzene rings is 4. The maximum atomic E-state index is 13.6. The van der Waals surface area contributed by atoms with Crippen molar-refractivity contribution in [3.8, 4) is 0 Å². The molecule has 10 heteroatoms. The average Bonchev–Trinajstić information content (AvgIpc) is 2.88. The van der Waals surface area contributed by atoms with E-state index in [1.165, 1.54) is 48.5 Å². The number of fused-ring (bicyclic) bond motifs is 2. The van der Waals surface area contributed by atoms with Crippen LogP contribution in [-0.2, 0) is 20.0 Å². The summed E-state index contributed by atoms with van der Waals surface area (Å²) in [4.78, 5) is 27.1. The normalized spacial score (nSPS) is 13.0. The Morgan fingerprint density at radius 1 is 0.500 bits per heavy atom. The minimum Gasteiger partial charge on any atom is -0.288 e. The molecule has 1 aliphatic rings. The molecule has 0 heterocycles. The van der Waals surface area contributed by atoms with Crippen molar-refractivity contribution < 1.29 is 26.4 Å². The van der Waals surface area contributed by atoms with Crippen molar-refractivity contribution in [1.29, 1.82) is 0 Å². The van der Waals surface area contributed by atoms with Crippen molar-refractivity contribution in [2.24, 2.45) is 0 Å². The van der Waals surface area contributed by atoms with Crippen LogP contribution in [-0.4, -0.2) is 28.4 Å². The molecule has 2 N–H and O–H groups in total. The fraction of sp³-hybridized carbons (Fsp3) is 0.0714. The van der Waals surface area contributed by atoms with Gasteiger partial charge in [-0.1, -0.05) is 59.7 Å². The second kappa shape index (κ2) is 9.23. The molecule has 0 saturated carbocycles. The Morgan fingerprint density at radius 3 is 1.18 bits per heavy atom. The van der Waals surface area contributed by atoms with E-state index < -0.39 is 31.6 Å². The lowest BCUT2D eigenvalue weighted by molar-refractivity contribution is 0.0980. The Hall–Kier alpha value is -4.28. The van der Waals surface area contributed by atoms with Crippen molar-refractivity contribution in [2.75, 3.05) is 9.44 Å². The number of sulfonamides is 2. The van der Waals surface area contributed by atoms with E-state index in [9.17, 15) is 26.4 Å². The molecule has 38 heavy (non-hydrogen) atoms. The zero-order chi connectivity index (χ0) is 27.2. The summed E-state index contributed by atoms with van der Waals surface area (Å²) in [6, 6.07) is 20.9. The van der Waals surface area contributed by atoms with Gasteiger partial charge in [0.2, 0.25) is 0 Å². The molecule has 0 spiro atoms. The first-order chi connectivity index (χ1) is 18.0. The molecule has 1 aliphatic carbocycles. The van der Waals surface area contributed by atoms with Gasteiger partial charge in [0.25, 0.3) is 20.0 Å². The third kappa shape index (κ3) is 4.48. The predicted molar refractivity (Wildman–Crippen MR) is 144 cm³/mol. The van der Waals surface area contributed by atoms with Gasteiger partial charge in [0, 0.05) is 11.1 Å². The summed E-state index contributed by atoms with van der Waals surface area (Å²) in [5, 5.41) is 0. The summed E-state index contributed by atoms with van der Waals surface area (Å²) < 4.78 is 57.4. The van der Waals surface area contributed by atoms with Crippen LogP contribution < -0.4 is 9.44 Å². The number of hydrogen-bond acceptors (Lipinski definition) is 6. The van der Waals surface area contributed by atoms with Gasteiger partial charge in [0.05, 0.1) is 32.3 Å². The number of ketones is 2. The van der Waals surface area contributed by atoms with Gasteiger partial charge in [-0.05, 0) is 50.2 Å². The molecule has 0 radical (unpaired) electrons. The molecule has 0 unspecified atom stereocenters. The van der Waals surface area contributed by atoms with Crippen molar-refractivity contribution >= 4 is 43.0 Å². The highest BCUT2D eigenvalue weighted by molar-refractivity contribution is 7.93. The van der Waals surface area contributed by atoms with E-state index >= 15 is 0 Å². The summed E-state index contributed by atoms with van der Waals surface area (Å²) in [6.07, 6.45) is 0. The molecule has 0 aliphatic heterocycles. The SMILES string of the molecule is Cc1ccc(S(=O)(=O)Nc2ccc(NS(=O)(=O)c3ccc(C)cc3)c3c2C(=O)c2ccccc2C3=O)cc1. The quantitative estimate of drug-likeness (QED) is 0.318. The van der Waals surface area contributed by atoms with Crippen LogP contribution in [0.3, 0.4) is 0 Å². The van der Waals surface area contributed by atoms with Crippen molar-refractivity contribution in [2.45, 2.75) is 23.6 Å². The second-order valence-corrected chi connectivity index (χ2v) is 12.3. The number of hydrogen-bond donors (Lipinski definition) is 2. The van der Waals surface area contributed by atoms with Crippen LogP contribution in [0.5, 0.6) is 0 Å². The smallest absolute Gasteiger partial charge is 0.261 e. The summed E-state index contributed by atoms with van der Waals surface area (Å²) in [6.45, 7) is 3.64. The maximum Gasteiger partial charge on any atom is 0.261 e. The van der Waals surface area contributed by atoms with Crippen LogP contribution in [0.2, 0.25) is 0 Å². The van der Waals surface area contributed by atoms with E-state index in [4.69, 9.17) is 0 Å². The highest BCUT2D eigenvalue weighted by Gasteiger charge is 2.35. The second-order valence-electron chi connectivity index (χ2n) is 8.95. The number of nitrogens with one attached hydrogen (secondary N) is 2. The Morgan fingerprint density at radius 2 is 0.842 bits per heavy atom. The minimum atomic E-state index is -4.13. The zero-order valence-corrected chi connectivity index (χ0v) is 22.0. The molecule has 5 rings (SSSR count). The highest BCUT2D eigenvalue weighted by Crippen LogP contribution is 2.38. The first kappa shape index (κ1) is 25.4. The van der Waals surface area contributed by atoms with Crippen LogP contribution in [0, 0.1) is 13.8 Å². The monoisotopic (exact) mass is 546 g/mol. The number of carbonyl (C=O) groups is 2. The summed E-state index contributed by atoms with van der Waals surface area (Å²) >= 11 is 0. The van der Waals surface area contributed by atoms with Crippen LogP contribution in [0.15, 0.2) is 94.7 Å². The van der Waals surface area contributed by atoms with Crippen molar-refractivity contribution in [3.05, 3.63) is 118 Å². The lowest BCUT2D eigenvalue weighted by Crippen LogP contribution is -2.26. The summed E-state index contributed by atoms with van der Waals surface area (Å²) in [5.41, 5.74) is 1.20. The predicted octanol–water partition coefficient (Wildman–Crippen LogP) is 4.68. The third-order valence-electron chi connectivity index (χ3n) is 6.23. The minimum absolute atomic E-state index is 0.0315. The molecule has 0 amide bonds. The van der Waals surface area contributed by atoms with E-state index in [-0.39, 0.29) is 43.4 Å². The van der Waals surface area contributed by atoms with Crippen LogP contribution in [0.25, 0.3) is 0 Å². The van der Waals surface area contributed by atoms with Gasteiger partial charge in [-0.15, -0.1) is 0 Å². The summed E-state index contributed by atoms with van der Waals surface area (Å²) in [7, 11) is -8.26. The van der Waals surface area contributed by atoms with Gasteiger partial charge in [-0.25, -0.2) is 16.8 Å². The van der Waals surface area contributed by atoms with Gasteiger partial charge in [0.15, 0.2) is 11.6 Å². The van der Waals surface area contributed by atoms with Crippen molar-refractivity contribution in [3.63, 3.8) is 0 Å². The molecule has 0 atom stereocenters. The topological polar surface area (TPSA) is 126 Å². The Balaban J connectivity index is 1.66. The standard InChI is InChI=1S/C28H22N2O6S2/c1-17-7-11-19(12-8-17)37(33,34)29-23-15-16-24(30-38(35,36)20-13-9-18(2)10-14-20)26-25(23)27(31)21-5-3-4-6-22(21)28(26)32/h3-16,29-30H,1-2H3. The molecular formula is C28H22N2O6S2. The van der Waals surface area contributed by atoms with E-state index in [0.29, 0.717) is 0 Å². The molecule has 8 nitrogen and oxygen atoms in total. The van der Waals surface area contributed by atoms with Gasteiger partial charge in [0.1, 0.15) is 0 Å². The molecular weight excluding hydrogens is 524 g/mol. The molecule has 4 aromatic carbocycles. The number of carbonyl (C=O) groups excluding carboxylic acids is 2. The Kier molecular flexibility index (Phi) is 6.16. The number of aryl methyl sites for hydroxylation is 2. The van der Waals surface area contributed by atoms with Gasteiger partial charge >= 0.3 is 0 Å². The van der Waals surface area contributed by atoms with Gasteiger partial charge < -0.3 is 0 Å². The summed E-state index contributed by atoms with van der Waals surface area (Å²) in [5.74, 6) is -1.21. The van der Waals surface area contributed by atoms with E-state index in [1.54, 1.807) is 36.4 Å². The molecule has 192 valence electrons. The Bertz CT molecular complexity index is 1690. The zero-order valence-electron chi connectivity index (χ0n) is 20.3. The molecule has 0 bridgehead atoms. The Labute approximate surface area is 220 Å². The van der Waals surface area contributed by atoms with Gasteiger partial charge in [-0.3, -0.25) is 19.0 Å². The maximum absolute atomic E-state index is 13.6. The lowest BCUT2D eigenvalue weighted by atomic mass is 9.82. The fourth-order valence-electron chi connectivity index (χ4n) is 4.24. The molecule has 0 fully saturated rings. The molecule has 0 saturated heterocycles. The third-order valence-corrected chi connectivity index (χ3v) is 8.99. The van der Waals surface area contributed by atoms with Crippen LogP contribution in [0.1, 0.15) is 43.0 Å². The van der Waals surface area contributed by atoms with E-state index in [2.05, 4.69) is 9.44 Å². The van der Waals surface area contributed by atoms with Crippen molar-refractivity contribution in [1.82, 2.24) is 0 Å². The van der Waals surface area contributed by atoms with Crippen LogP contribution in [0.4, 0.5) is 11.4 Å². The number of rotatable bonds is 6. The first-order valence-electron chi connectivity index (χ1n) is 11.5. The fourth-order valence-corrected chi connectivity index (χ4v) is 6.38. The number of anilines is 2. The lowest BCUT2D eigenvalue weighted by Gasteiger charge is -2.23.